The lowest BCUT2D eigenvalue weighted by Gasteiger charge is -2.13. The third-order valence-electron chi connectivity index (χ3n) is 2.96. The summed E-state index contributed by atoms with van der Waals surface area (Å²) in [5.41, 5.74) is 11.8. The van der Waals surface area contributed by atoms with E-state index in [0.29, 0.717) is 5.92 Å². The van der Waals surface area contributed by atoms with Gasteiger partial charge >= 0.3 is 0 Å². The number of rotatable bonds is 3. The highest BCUT2D eigenvalue weighted by Gasteiger charge is 2.06. The minimum Gasteiger partial charge on any atom is -0.399 e. The lowest BCUT2D eigenvalue weighted by Crippen LogP contribution is -2.01. The molecule has 1 aromatic carbocycles. The number of hydrogen-bond donors (Lipinski definition) is 1. The van der Waals surface area contributed by atoms with E-state index in [1.54, 1.807) is 0 Å². The van der Waals surface area contributed by atoms with Gasteiger partial charge in [0.1, 0.15) is 0 Å². The fourth-order valence-corrected chi connectivity index (χ4v) is 1.54. The van der Waals surface area contributed by atoms with Gasteiger partial charge in [0.05, 0.1) is 0 Å². The van der Waals surface area contributed by atoms with Crippen molar-refractivity contribution < 1.29 is 0 Å². The maximum absolute atomic E-state index is 5.86. The van der Waals surface area contributed by atoms with Crippen molar-refractivity contribution in [1.29, 1.82) is 0 Å². The molecule has 0 aromatic heterocycles. The summed E-state index contributed by atoms with van der Waals surface area (Å²) in [5.74, 6) is 0.544. The molecule has 0 atom stereocenters. The van der Waals surface area contributed by atoms with E-state index in [0.717, 1.165) is 17.7 Å². The summed E-state index contributed by atoms with van der Waals surface area (Å²) in [4.78, 5) is 0. The molecule has 0 aliphatic carbocycles. The summed E-state index contributed by atoms with van der Waals surface area (Å²) in [6, 6.07) is 4.23. The molecule has 2 N–H and O–H groups in total. The summed E-state index contributed by atoms with van der Waals surface area (Å²) in [7, 11) is 0. The number of anilines is 1. The molecule has 15 heavy (non-hydrogen) atoms. The number of hydrogen-bond acceptors (Lipinski definition) is 1. The van der Waals surface area contributed by atoms with Gasteiger partial charge in [0.2, 0.25) is 0 Å². The molecular weight excluding hydrogens is 182 g/mol. The molecule has 0 aliphatic heterocycles. The lowest BCUT2D eigenvalue weighted by molar-refractivity contribution is 0.743. The first-order valence-corrected chi connectivity index (χ1v) is 5.45. The zero-order valence-electron chi connectivity index (χ0n) is 10.2. The van der Waals surface area contributed by atoms with Crippen molar-refractivity contribution >= 4 is 5.69 Å². The Labute approximate surface area is 93.0 Å². The highest BCUT2D eigenvalue weighted by molar-refractivity contribution is 5.51. The smallest absolute Gasteiger partial charge is 0.0346 e. The summed E-state index contributed by atoms with van der Waals surface area (Å²) >= 11 is 0. The van der Waals surface area contributed by atoms with Gasteiger partial charge in [-0.25, -0.2) is 0 Å². The van der Waals surface area contributed by atoms with Crippen molar-refractivity contribution in [2.24, 2.45) is 5.92 Å². The largest absolute Gasteiger partial charge is 0.399 e. The van der Waals surface area contributed by atoms with E-state index in [1.807, 2.05) is 0 Å². The molecule has 1 aromatic rings. The quantitative estimate of drug-likeness (QED) is 0.589. The minimum atomic E-state index is 0.544. The molecular formula is C14H21N. The van der Waals surface area contributed by atoms with E-state index in [1.165, 1.54) is 16.7 Å². The van der Waals surface area contributed by atoms with E-state index < -0.39 is 0 Å². The second-order valence-electron chi connectivity index (χ2n) is 4.63. The Morgan fingerprint density at radius 1 is 1.27 bits per heavy atom. The monoisotopic (exact) mass is 203 g/mol. The zero-order valence-corrected chi connectivity index (χ0v) is 10.2. The Hall–Kier alpha value is -1.24. The van der Waals surface area contributed by atoms with Crippen molar-refractivity contribution in [2.45, 2.75) is 34.1 Å². The Balaban J connectivity index is 2.96. The molecule has 1 nitrogen and oxygen atoms in total. The van der Waals surface area contributed by atoms with Crippen LogP contribution in [0.3, 0.4) is 0 Å². The summed E-state index contributed by atoms with van der Waals surface area (Å²) in [5, 5.41) is 0. The predicted molar refractivity (Wildman–Crippen MR) is 68.0 cm³/mol. The fourth-order valence-electron chi connectivity index (χ4n) is 1.54. The van der Waals surface area contributed by atoms with Crippen molar-refractivity contribution in [3.8, 4) is 0 Å². The van der Waals surface area contributed by atoms with Crippen LogP contribution in [0.2, 0.25) is 0 Å². The van der Waals surface area contributed by atoms with Crippen molar-refractivity contribution in [2.75, 3.05) is 5.73 Å². The third kappa shape index (κ3) is 2.85. The summed E-state index contributed by atoms with van der Waals surface area (Å²) in [6.07, 6.45) is 0.963. The predicted octanol–water partition coefficient (Wildman–Crippen LogP) is 3.64. The van der Waals surface area contributed by atoms with Crippen LogP contribution in [0.4, 0.5) is 5.69 Å². The van der Waals surface area contributed by atoms with E-state index in [-0.39, 0.29) is 0 Å². The first-order chi connectivity index (χ1) is 6.91. The normalized spacial score (nSPS) is 10.7. The molecule has 0 saturated heterocycles. The second kappa shape index (κ2) is 4.52. The van der Waals surface area contributed by atoms with Gasteiger partial charge in [0.15, 0.2) is 0 Å². The molecule has 82 valence electrons. The summed E-state index contributed by atoms with van der Waals surface area (Å²) in [6.45, 7) is 12.6. The average molecular weight is 203 g/mol. The molecule has 0 amide bonds. The van der Waals surface area contributed by atoms with Crippen LogP contribution in [-0.4, -0.2) is 0 Å². The van der Waals surface area contributed by atoms with Crippen LogP contribution in [0.15, 0.2) is 24.3 Å². The van der Waals surface area contributed by atoms with Crippen LogP contribution >= 0.6 is 0 Å². The maximum Gasteiger partial charge on any atom is 0.0346 e. The van der Waals surface area contributed by atoms with Crippen LogP contribution < -0.4 is 5.73 Å². The van der Waals surface area contributed by atoms with Crippen molar-refractivity contribution in [3.63, 3.8) is 0 Å². The van der Waals surface area contributed by atoms with Gasteiger partial charge in [-0.3, -0.25) is 0 Å². The Morgan fingerprint density at radius 2 is 1.87 bits per heavy atom. The molecule has 0 heterocycles. The fraction of sp³-hybridized carbons (Fsp3) is 0.429. The topological polar surface area (TPSA) is 26.0 Å². The number of nitrogen functional groups attached to an aromatic ring is 1. The minimum absolute atomic E-state index is 0.544. The van der Waals surface area contributed by atoms with E-state index in [9.17, 15) is 0 Å². The van der Waals surface area contributed by atoms with E-state index in [4.69, 9.17) is 5.73 Å². The molecule has 0 bridgehead atoms. The maximum atomic E-state index is 5.86. The number of aryl methyl sites for hydroxylation is 2. The van der Waals surface area contributed by atoms with E-state index >= 15 is 0 Å². The molecule has 0 saturated carbocycles. The second-order valence-corrected chi connectivity index (χ2v) is 4.63. The first-order valence-electron chi connectivity index (χ1n) is 5.45. The first kappa shape index (κ1) is 11.8. The third-order valence-corrected chi connectivity index (χ3v) is 2.96. The Kier molecular flexibility index (Phi) is 3.57. The molecule has 0 spiro atoms. The van der Waals surface area contributed by atoms with Gasteiger partial charge in [-0.15, -0.1) is 0 Å². The molecule has 0 unspecified atom stereocenters. The zero-order chi connectivity index (χ0) is 11.6. The van der Waals surface area contributed by atoms with E-state index in [2.05, 4.69) is 46.4 Å². The van der Waals surface area contributed by atoms with Crippen LogP contribution in [0.25, 0.3) is 0 Å². The SMILES string of the molecule is C=C(Cc1cc(C)c(N)cc1C)C(C)C. The lowest BCUT2D eigenvalue weighted by atomic mass is 9.93. The Bertz CT molecular complexity index is 375. The van der Waals surface area contributed by atoms with Gasteiger partial charge in [0.25, 0.3) is 0 Å². The standard InChI is InChI=1S/C14H21N/c1-9(2)10(3)6-13-7-12(5)14(15)8-11(13)4/h7-9H,3,6,15H2,1-2,4-5H3. The molecule has 0 aliphatic rings. The Morgan fingerprint density at radius 3 is 2.40 bits per heavy atom. The average Bonchev–Trinajstić information content (AvgIpc) is 2.13. The van der Waals surface area contributed by atoms with Gasteiger partial charge in [-0.2, -0.15) is 0 Å². The number of nitrogens with two attached hydrogens (primary N) is 1. The van der Waals surface area contributed by atoms with Gasteiger partial charge in [-0.05, 0) is 48.9 Å². The van der Waals surface area contributed by atoms with Crippen LogP contribution in [0.5, 0.6) is 0 Å². The van der Waals surface area contributed by atoms with Crippen LogP contribution in [-0.2, 0) is 6.42 Å². The van der Waals surface area contributed by atoms with Gasteiger partial charge in [-0.1, -0.05) is 32.1 Å². The van der Waals surface area contributed by atoms with Crippen molar-refractivity contribution in [1.82, 2.24) is 0 Å². The van der Waals surface area contributed by atoms with Gasteiger partial charge < -0.3 is 5.73 Å². The number of benzene rings is 1. The highest BCUT2D eigenvalue weighted by Crippen LogP contribution is 2.22. The van der Waals surface area contributed by atoms with Crippen LogP contribution in [0.1, 0.15) is 30.5 Å². The van der Waals surface area contributed by atoms with Gasteiger partial charge in [0, 0.05) is 5.69 Å². The van der Waals surface area contributed by atoms with Crippen molar-refractivity contribution in [3.05, 3.63) is 41.0 Å². The van der Waals surface area contributed by atoms with Crippen LogP contribution in [0, 0.1) is 19.8 Å². The molecule has 0 fully saturated rings. The molecule has 0 radical (unpaired) electrons. The molecule has 1 heteroatoms. The highest BCUT2D eigenvalue weighted by atomic mass is 14.6. The number of allylic oxidation sites excluding steroid dienone is 1. The molecule has 1 rings (SSSR count). The summed E-state index contributed by atoms with van der Waals surface area (Å²) < 4.78 is 0.